The van der Waals surface area contributed by atoms with Crippen LogP contribution < -0.4 is 4.74 Å². The van der Waals surface area contributed by atoms with Crippen molar-refractivity contribution >= 4 is 16.9 Å². The highest BCUT2D eigenvalue weighted by molar-refractivity contribution is 5.95. The number of amides is 1. The molecular weight excluding hydrogens is 361 g/mol. The first-order chi connectivity index (χ1) is 13.6. The molecule has 7 heteroatoms. The molecule has 0 bridgehead atoms. The van der Waals surface area contributed by atoms with Crippen LogP contribution in [-0.2, 0) is 4.79 Å². The minimum Gasteiger partial charge on any atom is -0.496 e. The zero-order chi connectivity index (χ0) is 19.7. The SMILES string of the molecule is COc1ccc(F)cc1-c1ccnc2[nH]c(C3CCN(C(=O)CO)CC3)cc12. The van der Waals surface area contributed by atoms with Gasteiger partial charge in [0.1, 0.15) is 23.8 Å². The number of likely N-dealkylation sites (tertiary alicyclic amines) is 1. The molecule has 0 spiro atoms. The Balaban J connectivity index is 1.67. The van der Waals surface area contributed by atoms with E-state index in [1.165, 1.54) is 12.1 Å². The van der Waals surface area contributed by atoms with Crippen LogP contribution in [0.2, 0.25) is 0 Å². The highest BCUT2D eigenvalue weighted by Crippen LogP contribution is 2.37. The van der Waals surface area contributed by atoms with Gasteiger partial charge in [-0.2, -0.15) is 0 Å². The Morgan fingerprint density at radius 3 is 2.79 bits per heavy atom. The van der Waals surface area contributed by atoms with Gasteiger partial charge in [-0.15, -0.1) is 0 Å². The molecule has 1 fully saturated rings. The highest BCUT2D eigenvalue weighted by atomic mass is 19.1. The van der Waals surface area contributed by atoms with Gasteiger partial charge in [0.15, 0.2) is 0 Å². The van der Waals surface area contributed by atoms with Gasteiger partial charge in [0.05, 0.1) is 7.11 Å². The van der Waals surface area contributed by atoms with Gasteiger partial charge >= 0.3 is 0 Å². The number of hydrogen-bond acceptors (Lipinski definition) is 4. The van der Waals surface area contributed by atoms with Gasteiger partial charge in [0.25, 0.3) is 0 Å². The first-order valence-electron chi connectivity index (χ1n) is 9.31. The van der Waals surface area contributed by atoms with E-state index >= 15 is 0 Å². The third-order valence-electron chi connectivity index (χ3n) is 5.43. The minimum atomic E-state index is -0.445. The maximum absolute atomic E-state index is 13.9. The molecule has 1 aliphatic heterocycles. The summed E-state index contributed by atoms with van der Waals surface area (Å²) >= 11 is 0. The van der Waals surface area contributed by atoms with Crippen LogP contribution in [0.4, 0.5) is 4.39 Å². The number of pyridine rings is 1. The van der Waals surface area contributed by atoms with Crippen LogP contribution in [0, 0.1) is 5.82 Å². The predicted octanol–water partition coefficient (Wildman–Crippen LogP) is 3.08. The molecule has 2 N–H and O–H groups in total. The van der Waals surface area contributed by atoms with Crippen molar-refractivity contribution in [1.29, 1.82) is 0 Å². The van der Waals surface area contributed by atoms with Crippen molar-refractivity contribution in [3.8, 4) is 16.9 Å². The van der Waals surface area contributed by atoms with Crippen molar-refractivity contribution in [2.75, 3.05) is 26.8 Å². The fourth-order valence-electron chi connectivity index (χ4n) is 3.93. The Morgan fingerprint density at radius 2 is 2.07 bits per heavy atom. The van der Waals surface area contributed by atoms with Crippen LogP contribution >= 0.6 is 0 Å². The summed E-state index contributed by atoms with van der Waals surface area (Å²) in [5.74, 6) is 0.335. The summed E-state index contributed by atoms with van der Waals surface area (Å²) in [6, 6.07) is 8.40. The molecule has 146 valence electrons. The van der Waals surface area contributed by atoms with Gasteiger partial charge in [-0.1, -0.05) is 0 Å². The summed E-state index contributed by atoms with van der Waals surface area (Å²) in [7, 11) is 1.57. The topological polar surface area (TPSA) is 78.5 Å². The number of benzene rings is 1. The number of carbonyl (C=O) groups is 1. The van der Waals surface area contributed by atoms with Crippen molar-refractivity contribution in [1.82, 2.24) is 14.9 Å². The lowest BCUT2D eigenvalue weighted by atomic mass is 9.93. The number of nitrogens with zero attached hydrogens (tertiary/aromatic N) is 2. The first kappa shape index (κ1) is 18.4. The summed E-state index contributed by atoms with van der Waals surface area (Å²) in [6.45, 7) is 0.800. The summed E-state index contributed by atoms with van der Waals surface area (Å²) in [6.07, 6.45) is 3.33. The molecule has 0 atom stereocenters. The van der Waals surface area contributed by atoms with Gasteiger partial charge in [0, 0.05) is 41.8 Å². The van der Waals surface area contributed by atoms with Gasteiger partial charge in [0.2, 0.25) is 5.91 Å². The number of aromatic amines is 1. The van der Waals surface area contributed by atoms with Crippen LogP contribution in [-0.4, -0.2) is 52.7 Å². The molecule has 3 aromatic rings. The van der Waals surface area contributed by atoms with E-state index in [1.807, 2.05) is 6.07 Å². The molecular formula is C21H22FN3O3. The number of nitrogens with one attached hydrogen (secondary N) is 1. The van der Waals surface area contributed by atoms with Gasteiger partial charge < -0.3 is 19.7 Å². The molecule has 1 amide bonds. The molecule has 2 aromatic heterocycles. The van der Waals surface area contributed by atoms with E-state index < -0.39 is 6.61 Å². The number of halogens is 1. The Kier molecular flexibility index (Phi) is 5.00. The summed E-state index contributed by atoms with van der Waals surface area (Å²) in [5, 5.41) is 9.94. The number of rotatable bonds is 4. The normalized spacial score (nSPS) is 15.2. The lowest BCUT2D eigenvalue weighted by Crippen LogP contribution is -2.39. The monoisotopic (exact) mass is 383 g/mol. The van der Waals surface area contributed by atoms with Crippen molar-refractivity contribution in [3.05, 3.63) is 48.0 Å². The van der Waals surface area contributed by atoms with Gasteiger partial charge in [-0.05, 0) is 48.7 Å². The molecule has 0 aliphatic carbocycles. The van der Waals surface area contributed by atoms with Crippen LogP contribution in [0.5, 0.6) is 5.75 Å². The number of H-pyrrole nitrogens is 1. The number of fused-ring (bicyclic) bond motifs is 1. The third kappa shape index (κ3) is 3.33. The molecule has 1 aliphatic rings. The molecule has 4 rings (SSSR count). The number of aliphatic hydroxyl groups is 1. The lowest BCUT2D eigenvalue weighted by Gasteiger charge is -2.31. The smallest absolute Gasteiger partial charge is 0.248 e. The van der Waals surface area contributed by atoms with E-state index in [1.54, 1.807) is 24.3 Å². The van der Waals surface area contributed by atoms with Crippen molar-refractivity contribution in [2.45, 2.75) is 18.8 Å². The van der Waals surface area contributed by atoms with E-state index in [9.17, 15) is 9.18 Å². The molecule has 28 heavy (non-hydrogen) atoms. The second kappa shape index (κ2) is 7.59. The standard InChI is InChI=1S/C21H22FN3O3/c1-28-19-3-2-14(22)10-16(19)15-4-7-23-21-17(15)11-18(24-21)13-5-8-25(9-6-13)20(27)12-26/h2-4,7,10-11,13,26H,5-6,8-9,12H2,1H3,(H,23,24). The Morgan fingerprint density at radius 1 is 1.29 bits per heavy atom. The Hall–Kier alpha value is -2.93. The van der Waals surface area contributed by atoms with E-state index in [-0.39, 0.29) is 17.6 Å². The van der Waals surface area contributed by atoms with Gasteiger partial charge in [-0.3, -0.25) is 4.79 Å². The van der Waals surface area contributed by atoms with Crippen LogP contribution in [0.1, 0.15) is 24.5 Å². The summed E-state index contributed by atoms with van der Waals surface area (Å²) < 4.78 is 19.3. The van der Waals surface area contributed by atoms with Gasteiger partial charge in [-0.25, -0.2) is 9.37 Å². The fourth-order valence-corrected chi connectivity index (χ4v) is 3.93. The lowest BCUT2D eigenvalue weighted by molar-refractivity contribution is -0.135. The van der Waals surface area contributed by atoms with Crippen molar-refractivity contribution < 1.29 is 19.0 Å². The summed E-state index contributed by atoms with van der Waals surface area (Å²) in [5.41, 5.74) is 3.34. The molecule has 1 saturated heterocycles. The zero-order valence-corrected chi connectivity index (χ0v) is 15.6. The fraction of sp³-hybridized carbons (Fsp3) is 0.333. The summed E-state index contributed by atoms with van der Waals surface area (Å²) in [4.78, 5) is 21.2. The number of methoxy groups -OCH3 is 1. The number of piperidine rings is 1. The van der Waals surface area contributed by atoms with Crippen LogP contribution in [0.15, 0.2) is 36.5 Å². The van der Waals surface area contributed by atoms with E-state index in [0.717, 1.165) is 35.1 Å². The first-order valence-corrected chi connectivity index (χ1v) is 9.31. The van der Waals surface area contributed by atoms with Crippen LogP contribution in [0.25, 0.3) is 22.2 Å². The second-order valence-corrected chi connectivity index (χ2v) is 7.00. The largest absolute Gasteiger partial charge is 0.496 e. The number of ether oxygens (including phenoxy) is 1. The third-order valence-corrected chi connectivity index (χ3v) is 5.43. The average Bonchev–Trinajstić information content (AvgIpc) is 3.17. The highest BCUT2D eigenvalue weighted by Gasteiger charge is 2.25. The average molecular weight is 383 g/mol. The van der Waals surface area contributed by atoms with E-state index in [0.29, 0.717) is 24.4 Å². The number of aromatic nitrogens is 2. The molecule has 0 unspecified atom stereocenters. The maximum Gasteiger partial charge on any atom is 0.248 e. The molecule has 0 radical (unpaired) electrons. The second-order valence-electron chi connectivity index (χ2n) is 7.00. The number of aliphatic hydroxyl groups excluding tert-OH is 1. The molecule has 6 nitrogen and oxygen atoms in total. The van der Waals surface area contributed by atoms with E-state index in [4.69, 9.17) is 9.84 Å². The maximum atomic E-state index is 13.9. The van der Waals surface area contributed by atoms with Crippen molar-refractivity contribution in [3.63, 3.8) is 0 Å². The quantitative estimate of drug-likeness (QED) is 0.726. The minimum absolute atomic E-state index is 0.225. The Bertz CT molecular complexity index is 1010. The van der Waals surface area contributed by atoms with Crippen molar-refractivity contribution in [2.24, 2.45) is 0 Å². The zero-order valence-electron chi connectivity index (χ0n) is 15.6. The van der Waals surface area contributed by atoms with Crippen LogP contribution in [0.3, 0.4) is 0 Å². The molecule has 3 heterocycles. The molecule has 0 saturated carbocycles. The number of hydrogen-bond donors (Lipinski definition) is 2. The number of carbonyl (C=O) groups excluding carboxylic acids is 1. The van der Waals surface area contributed by atoms with E-state index in [2.05, 4.69) is 16.0 Å². The Labute approximate surface area is 162 Å². The molecule has 1 aromatic carbocycles. The predicted molar refractivity (Wildman–Crippen MR) is 104 cm³/mol.